The van der Waals surface area contributed by atoms with Crippen molar-refractivity contribution in [1.29, 1.82) is 0 Å². The summed E-state index contributed by atoms with van der Waals surface area (Å²) < 4.78 is 6.05. The van der Waals surface area contributed by atoms with Gasteiger partial charge in [0.1, 0.15) is 6.10 Å². The highest BCUT2D eigenvalue weighted by Gasteiger charge is 2.34. The van der Waals surface area contributed by atoms with E-state index in [0.29, 0.717) is 5.92 Å². The molecular weight excluding hydrogens is 320 g/mol. The largest absolute Gasteiger partial charge is 0.462 e. The average molecular weight is 363 g/mol. The third kappa shape index (κ3) is 5.26. The van der Waals surface area contributed by atoms with Crippen molar-refractivity contribution in [3.05, 3.63) is 0 Å². The van der Waals surface area contributed by atoms with E-state index in [1.54, 1.807) is 0 Å². The van der Waals surface area contributed by atoms with Gasteiger partial charge < -0.3 is 4.74 Å². The normalized spacial score (nSPS) is 35.0. The highest BCUT2D eigenvalue weighted by atomic mass is 16.5. The van der Waals surface area contributed by atoms with Crippen molar-refractivity contribution in [3.63, 3.8) is 0 Å². The first-order chi connectivity index (χ1) is 12.7. The fourth-order valence-electron chi connectivity index (χ4n) is 6.16. The lowest BCUT2D eigenvalue weighted by molar-refractivity contribution is -0.159. The lowest BCUT2D eigenvalue weighted by Gasteiger charge is -2.37. The molecule has 0 bridgehead atoms. The van der Waals surface area contributed by atoms with Crippen LogP contribution in [0.25, 0.3) is 0 Å². The fourth-order valence-corrected chi connectivity index (χ4v) is 6.16. The van der Waals surface area contributed by atoms with E-state index in [1.165, 1.54) is 77.0 Å². The lowest BCUT2D eigenvalue weighted by Crippen LogP contribution is -2.33. The van der Waals surface area contributed by atoms with Crippen molar-refractivity contribution in [3.8, 4) is 0 Å². The SMILES string of the molecule is CCC1CCC(C2CCC(C(=O)OC(CC)C3CCCCC3)CC2)CC1. The predicted octanol–water partition coefficient (Wildman–Crippen LogP) is 6.91. The van der Waals surface area contributed by atoms with Gasteiger partial charge in [-0.15, -0.1) is 0 Å². The number of carbonyl (C=O) groups is 1. The second-order valence-corrected chi connectivity index (χ2v) is 9.58. The minimum Gasteiger partial charge on any atom is -0.462 e. The maximum absolute atomic E-state index is 12.8. The molecule has 3 fully saturated rings. The van der Waals surface area contributed by atoms with Crippen molar-refractivity contribution >= 4 is 5.97 Å². The molecule has 0 aliphatic heterocycles. The standard InChI is InChI=1S/C24H42O2/c1-3-18-10-12-19(13-11-18)20-14-16-22(17-15-20)24(25)26-23(4-2)21-8-6-5-7-9-21/h18-23H,3-17H2,1-2H3. The van der Waals surface area contributed by atoms with E-state index >= 15 is 0 Å². The number of rotatable bonds is 6. The molecule has 0 aromatic heterocycles. The summed E-state index contributed by atoms with van der Waals surface area (Å²) >= 11 is 0. The molecule has 2 heteroatoms. The first-order valence-electron chi connectivity index (χ1n) is 11.9. The third-order valence-corrected chi connectivity index (χ3v) is 8.09. The minimum atomic E-state index is 0.135. The molecule has 3 saturated carbocycles. The monoisotopic (exact) mass is 362 g/mol. The molecule has 1 atom stereocenters. The zero-order chi connectivity index (χ0) is 18.4. The van der Waals surface area contributed by atoms with Crippen LogP contribution in [0.1, 0.15) is 110 Å². The van der Waals surface area contributed by atoms with Crippen LogP contribution in [-0.4, -0.2) is 12.1 Å². The molecule has 3 aliphatic rings. The van der Waals surface area contributed by atoms with Gasteiger partial charge in [-0.2, -0.15) is 0 Å². The summed E-state index contributed by atoms with van der Waals surface area (Å²) in [5.41, 5.74) is 0. The Morgan fingerprint density at radius 2 is 1.38 bits per heavy atom. The van der Waals surface area contributed by atoms with Crippen molar-refractivity contribution < 1.29 is 9.53 Å². The lowest BCUT2D eigenvalue weighted by atomic mass is 9.69. The van der Waals surface area contributed by atoms with Crippen LogP contribution in [0.4, 0.5) is 0 Å². The molecule has 150 valence electrons. The van der Waals surface area contributed by atoms with E-state index in [4.69, 9.17) is 4.74 Å². The second-order valence-electron chi connectivity index (χ2n) is 9.58. The number of esters is 1. The molecule has 0 radical (unpaired) electrons. The van der Waals surface area contributed by atoms with Crippen molar-refractivity contribution in [2.24, 2.45) is 29.6 Å². The first kappa shape index (κ1) is 20.2. The molecule has 0 amide bonds. The van der Waals surface area contributed by atoms with E-state index in [0.717, 1.165) is 37.0 Å². The Bertz CT molecular complexity index is 410. The highest BCUT2D eigenvalue weighted by molar-refractivity contribution is 5.72. The van der Waals surface area contributed by atoms with E-state index < -0.39 is 0 Å². The van der Waals surface area contributed by atoms with Gasteiger partial charge in [-0.05, 0) is 81.5 Å². The zero-order valence-electron chi connectivity index (χ0n) is 17.4. The Labute approximate surface area is 161 Å². The van der Waals surface area contributed by atoms with Crippen LogP contribution in [0.15, 0.2) is 0 Å². The molecule has 0 heterocycles. The first-order valence-corrected chi connectivity index (χ1v) is 11.9. The van der Waals surface area contributed by atoms with Gasteiger partial charge in [0.05, 0.1) is 5.92 Å². The highest BCUT2D eigenvalue weighted by Crippen LogP contribution is 2.42. The molecular formula is C24H42O2. The molecule has 3 rings (SSSR count). The molecule has 1 unspecified atom stereocenters. The van der Waals surface area contributed by atoms with E-state index in [-0.39, 0.29) is 18.0 Å². The third-order valence-electron chi connectivity index (χ3n) is 8.09. The van der Waals surface area contributed by atoms with E-state index in [1.807, 2.05) is 0 Å². The topological polar surface area (TPSA) is 26.3 Å². The summed E-state index contributed by atoms with van der Waals surface area (Å²) in [4.78, 5) is 12.8. The van der Waals surface area contributed by atoms with Gasteiger partial charge in [0.15, 0.2) is 0 Å². The summed E-state index contributed by atoms with van der Waals surface area (Å²) in [5, 5.41) is 0. The Balaban J connectivity index is 1.41. The van der Waals surface area contributed by atoms with Crippen LogP contribution in [0.5, 0.6) is 0 Å². The maximum Gasteiger partial charge on any atom is 0.309 e. The fraction of sp³-hybridized carbons (Fsp3) is 0.958. The molecule has 0 aromatic rings. The molecule has 26 heavy (non-hydrogen) atoms. The van der Waals surface area contributed by atoms with Gasteiger partial charge in [-0.1, -0.05) is 52.4 Å². The quantitative estimate of drug-likeness (QED) is 0.480. The summed E-state index contributed by atoms with van der Waals surface area (Å²) in [6, 6.07) is 0. The van der Waals surface area contributed by atoms with Gasteiger partial charge in [0.25, 0.3) is 0 Å². The smallest absolute Gasteiger partial charge is 0.309 e. The molecule has 0 saturated heterocycles. The summed E-state index contributed by atoms with van der Waals surface area (Å²) in [5.74, 6) is 3.77. The zero-order valence-corrected chi connectivity index (χ0v) is 17.4. The Morgan fingerprint density at radius 3 is 1.92 bits per heavy atom. The van der Waals surface area contributed by atoms with Gasteiger partial charge in [-0.3, -0.25) is 4.79 Å². The Morgan fingerprint density at radius 1 is 0.808 bits per heavy atom. The van der Waals surface area contributed by atoms with Crippen LogP contribution in [0.3, 0.4) is 0 Å². The van der Waals surface area contributed by atoms with Crippen LogP contribution in [-0.2, 0) is 9.53 Å². The number of hydrogen-bond donors (Lipinski definition) is 0. The van der Waals surface area contributed by atoms with Crippen molar-refractivity contribution in [2.75, 3.05) is 0 Å². The maximum atomic E-state index is 12.8. The summed E-state index contributed by atoms with van der Waals surface area (Å²) in [6.07, 6.45) is 19.6. The Hall–Kier alpha value is -0.530. The molecule has 2 nitrogen and oxygen atoms in total. The van der Waals surface area contributed by atoms with Gasteiger partial charge in [-0.25, -0.2) is 0 Å². The van der Waals surface area contributed by atoms with Crippen LogP contribution in [0, 0.1) is 29.6 Å². The summed E-state index contributed by atoms with van der Waals surface area (Å²) in [6.45, 7) is 4.54. The van der Waals surface area contributed by atoms with Crippen LogP contribution in [0.2, 0.25) is 0 Å². The van der Waals surface area contributed by atoms with Gasteiger partial charge in [0.2, 0.25) is 0 Å². The van der Waals surface area contributed by atoms with Crippen molar-refractivity contribution in [2.45, 2.75) is 116 Å². The Kier molecular flexibility index (Phi) is 7.88. The summed E-state index contributed by atoms with van der Waals surface area (Å²) in [7, 11) is 0. The van der Waals surface area contributed by atoms with E-state index in [9.17, 15) is 4.79 Å². The van der Waals surface area contributed by atoms with E-state index in [2.05, 4.69) is 13.8 Å². The van der Waals surface area contributed by atoms with Crippen LogP contribution < -0.4 is 0 Å². The van der Waals surface area contributed by atoms with Gasteiger partial charge >= 0.3 is 5.97 Å². The number of carbonyl (C=O) groups excluding carboxylic acids is 1. The molecule has 0 N–H and O–H groups in total. The number of ether oxygens (including phenoxy) is 1. The van der Waals surface area contributed by atoms with Crippen LogP contribution >= 0.6 is 0 Å². The molecule has 0 aromatic carbocycles. The van der Waals surface area contributed by atoms with Crippen molar-refractivity contribution in [1.82, 2.24) is 0 Å². The number of hydrogen-bond acceptors (Lipinski definition) is 2. The molecule has 0 spiro atoms. The average Bonchev–Trinajstić information content (AvgIpc) is 2.72. The molecule has 3 aliphatic carbocycles. The predicted molar refractivity (Wildman–Crippen MR) is 108 cm³/mol. The minimum absolute atomic E-state index is 0.135. The second kappa shape index (κ2) is 10.1. The van der Waals surface area contributed by atoms with Gasteiger partial charge in [0, 0.05) is 0 Å².